The molecule has 4 aromatic rings. The second-order valence-corrected chi connectivity index (χ2v) is 7.50. The molecule has 8 heteroatoms. The van der Waals surface area contributed by atoms with Crippen molar-refractivity contribution in [3.05, 3.63) is 108 Å². The Kier molecular flexibility index (Phi) is 6.24. The highest BCUT2D eigenvalue weighted by Gasteiger charge is 2.38. The molecule has 0 radical (unpaired) electrons. The third-order valence-electron chi connectivity index (χ3n) is 5.07. The predicted molar refractivity (Wildman–Crippen MR) is 121 cm³/mol. The van der Waals surface area contributed by atoms with Gasteiger partial charge in [-0.05, 0) is 59.7 Å². The van der Waals surface area contributed by atoms with Crippen LogP contribution in [0.2, 0.25) is 0 Å². The minimum absolute atomic E-state index is 0.109. The van der Waals surface area contributed by atoms with E-state index in [1.807, 2.05) is 0 Å². The van der Waals surface area contributed by atoms with Crippen molar-refractivity contribution in [1.82, 2.24) is 0 Å². The first-order valence-electron chi connectivity index (χ1n) is 10.2. The van der Waals surface area contributed by atoms with E-state index >= 15 is 0 Å². The molecule has 2 N–H and O–H groups in total. The van der Waals surface area contributed by atoms with E-state index in [4.69, 9.17) is 0 Å². The Morgan fingerprint density at radius 2 is 0.765 bits per heavy atom. The van der Waals surface area contributed by atoms with Crippen LogP contribution in [-0.2, 0) is 12.4 Å². The number of halogens is 6. The van der Waals surface area contributed by atoms with Gasteiger partial charge in [-0.2, -0.15) is 26.3 Å². The lowest BCUT2D eigenvalue weighted by Gasteiger charge is -2.20. The molecule has 0 bridgehead atoms. The van der Waals surface area contributed by atoms with Crippen molar-refractivity contribution in [2.45, 2.75) is 12.4 Å². The number of rotatable bonds is 5. The molecule has 0 aliphatic rings. The van der Waals surface area contributed by atoms with Crippen molar-refractivity contribution in [3.63, 3.8) is 0 Å². The van der Waals surface area contributed by atoms with Gasteiger partial charge < -0.3 is 10.6 Å². The zero-order chi connectivity index (χ0) is 24.3. The minimum atomic E-state index is -4.87. The number of anilines is 4. The second kappa shape index (κ2) is 9.13. The third kappa shape index (κ3) is 5.33. The van der Waals surface area contributed by atoms with Gasteiger partial charge in [0.05, 0.1) is 11.1 Å². The number of benzene rings is 4. The SMILES string of the molecule is FC(F)(F)c1cc(Nc2ccccc2)ccc1-c1ccc(Nc2ccccc2)cc1C(F)(F)F. The van der Waals surface area contributed by atoms with Gasteiger partial charge >= 0.3 is 12.4 Å². The summed E-state index contributed by atoms with van der Waals surface area (Å²) in [4.78, 5) is 0. The maximum Gasteiger partial charge on any atom is 0.417 e. The Morgan fingerprint density at radius 3 is 1.09 bits per heavy atom. The molecule has 0 aliphatic carbocycles. The van der Waals surface area contributed by atoms with Gasteiger partial charge in [-0.3, -0.25) is 0 Å². The Balaban J connectivity index is 1.79. The van der Waals surface area contributed by atoms with Gasteiger partial charge in [-0.15, -0.1) is 0 Å². The summed E-state index contributed by atoms with van der Waals surface area (Å²) in [5.74, 6) is 0. The lowest BCUT2D eigenvalue weighted by molar-refractivity contribution is -0.139. The number of hydrogen-bond donors (Lipinski definition) is 2. The molecule has 4 rings (SSSR count). The fourth-order valence-corrected chi connectivity index (χ4v) is 3.56. The molecule has 0 aliphatic heterocycles. The molecule has 0 atom stereocenters. The quantitative estimate of drug-likeness (QED) is 0.284. The summed E-state index contributed by atoms with van der Waals surface area (Å²) < 4.78 is 83.6. The second-order valence-electron chi connectivity index (χ2n) is 7.50. The fourth-order valence-electron chi connectivity index (χ4n) is 3.56. The third-order valence-corrected chi connectivity index (χ3v) is 5.07. The van der Waals surface area contributed by atoms with Crippen LogP contribution in [0.1, 0.15) is 11.1 Å². The van der Waals surface area contributed by atoms with Crippen molar-refractivity contribution in [2.75, 3.05) is 10.6 Å². The van der Waals surface area contributed by atoms with E-state index < -0.39 is 34.6 Å². The summed E-state index contributed by atoms with van der Waals surface area (Å²) in [7, 11) is 0. The lowest BCUT2D eigenvalue weighted by atomic mass is 9.93. The average Bonchev–Trinajstić information content (AvgIpc) is 2.79. The molecule has 0 saturated carbocycles. The Labute approximate surface area is 191 Å². The zero-order valence-corrected chi connectivity index (χ0v) is 17.5. The van der Waals surface area contributed by atoms with Crippen LogP contribution >= 0.6 is 0 Å². The smallest absolute Gasteiger partial charge is 0.356 e. The number of hydrogen-bond acceptors (Lipinski definition) is 2. The summed E-state index contributed by atoms with van der Waals surface area (Å²) in [6.07, 6.45) is -9.74. The van der Waals surface area contributed by atoms with Crippen LogP contribution in [0.4, 0.5) is 49.1 Å². The summed E-state index contributed by atoms with van der Waals surface area (Å²) in [5.41, 5.74) is -2.11. The van der Waals surface area contributed by atoms with Crippen molar-refractivity contribution in [1.29, 1.82) is 0 Å². The van der Waals surface area contributed by atoms with Gasteiger partial charge in [0.15, 0.2) is 0 Å². The first-order valence-corrected chi connectivity index (χ1v) is 10.2. The molecule has 0 heterocycles. The molecule has 4 aromatic carbocycles. The van der Waals surface area contributed by atoms with E-state index in [2.05, 4.69) is 10.6 Å². The molecule has 0 saturated heterocycles. The van der Waals surface area contributed by atoms with Crippen LogP contribution in [0.5, 0.6) is 0 Å². The standard InChI is InChI=1S/C26H18F6N2/c27-25(28,29)23-15-19(33-17-7-3-1-4-8-17)11-13-21(23)22-14-12-20(16-24(22)26(30,31)32)34-18-9-5-2-6-10-18/h1-16,33-34H. The summed E-state index contributed by atoms with van der Waals surface area (Å²) >= 11 is 0. The molecular formula is C26H18F6N2. The van der Waals surface area contributed by atoms with Gasteiger partial charge in [-0.1, -0.05) is 48.5 Å². The van der Waals surface area contributed by atoms with E-state index in [0.717, 1.165) is 24.3 Å². The van der Waals surface area contributed by atoms with Gasteiger partial charge in [0.2, 0.25) is 0 Å². The van der Waals surface area contributed by atoms with Crippen LogP contribution in [0.25, 0.3) is 11.1 Å². The number of nitrogens with one attached hydrogen (secondary N) is 2. The molecule has 174 valence electrons. The van der Waals surface area contributed by atoms with Crippen molar-refractivity contribution in [3.8, 4) is 11.1 Å². The molecule has 0 aromatic heterocycles. The topological polar surface area (TPSA) is 24.1 Å². The molecule has 34 heavy (non-hydrogen) atoms. The van der Waals surface area contributed by atoms with Gasteiger partial charge in [-0.25, -0.2) is 0 Å². The van der Waals surface area contributed by atoms with Crippen molar-refractivity contribution >= 4 is 22.7 Å². The van der Waals surface area contributed by atoms with Crippen LogP contribution in [-0.4, -0.2) is 0 Å². The van der Waals surface area contributed by atoms with E-state index in [1.54, 1.807) is 60.7 Å². The van der Waals surface area contributed by atoms with Crippen LogP contribution < -0.4 is 10.6 Å². The summed E-state index contributed by atoms with van der Waals surface area (Å²) in [6, 6.07) is 23.4. The largest absolute Gasteiger partial charge is 0.417 e. The highest BCUT2D eigenvalue weighted by atomic mass is 19.4. The van der Waals surface area contributed by atoms with E-state index in [0.29, 0.717) is 11.4 Å². The fraction of sp³-hybridized carbons (Fsp3) is 0.0769. The normalized spacial score (nSPS) is 11.8. The van der Waals surface area contributed by atoms with Crippen molar-refractivity contribution < 1.29 is 26.3 Å². The molecule has 0 spiro atoms. The molecule has 0 amide bonds. The molecule has 0 fully saturated rings. The Hall–Kier alpha value is -3.94. The average molecular weight is 472 g/mol. The summed E-state index contributed by atoms with van der Waals surface area (Å²) in [5, 5.41) is 5.69. The first-order chi connectivity index (χ1) is 16.1. The first kappa shape index (κ1) is 23.2. The number of para-hydroxylation sites is 2. The molecule has 0 unspecified atom stereocenters. The minimum Gasteiger partial charge on any atom is -0.356 e. The molecular weight excluding hydrogens is 454 g/mol. The monoisotopic (exact) mass is 472 g/mol. The van der Waals surface area contributed by atoms with E-state index in [-0.39, 0.29) is 11.4 Å². The van der Waals surface area contributed by atoms with Crippen LogP contribution in [0, 0.1) is 0 Å². The van der Waals surface area contributed by atoms with Crippen LogP contribution in [0.15, 0.2) is 97.1 Å². The van der Waals surface area contributed by atoms with Crippen molar-refractivity contribution in [2.24, 2.45) is 0 Å². The van der Waals surface area contributed by atoms with E-state index in [9.17, 15) is 26.3 Å². The highest BCUT2D eigenvalue weighted by Crippen LogP contribution is 2.44. The highest BCUT2D eigenvalue weighted by molar-refractivity contribution is 5.78. The maximum absolute atomic E-state index is 13.9. The lowest BCUT2D eigenvalue weighted by Crippen LogP contribution is -2.12. The van der Waals surface area contributed by atoms with E-state index in [1.165, 1.54) is 12.1 Å². The van der Waals surface area contributed by atoms with Gasteiger partial charge in [0.1, 0.15) is 0 Å². The molecule has 2 nitrogen and oxygen atoms in total. The van der Waals surface area contributed by atoms with Crippen LogP contribution in [0.3, 0.4) is 0 Å². The Bertz CT molecular complexity index is 1170. The van der Waals surface area contributed by atoms with Gasteiger partial charge in [0.25, 0.3) is 0 Å². The Morgan fingerprint density at radius 1 is 0.412 bits per heavy atom. The number of alkyl halides is 6. The van der Waals surface area contributed by atoms with Gasteiger partial charge in [0, 0.05) is 22.7 Å². The predicted octanol–water partition coefficient (Wildman–Crippen LogP) is 8.88. The maximum atomic E-state index is 13.9. The summed E-state index contributed by atoms with van der Waals surface area (Å²) in [6.45, 7) is 0. The zero-order valence-electron chi connectivity index (χ0n) is 17.5.